The minimum atomic E-state index is -0.446. The van der Waals surface area contributed by atoms with Gasteiger partial charge in [-0.15, -0.1) is 0 Å². The van der Waals surface area contributed by atoms with E-state index in [1.54, 1.807) is 30.3 Å². The number of quaternary nitrogens is 1. The van der Waals surface area contributed by atoms with Crippen LogP contribution in [-0.2, 0) is 9.53 Å². The molecule has 26 heavy (non-hydrogen) atoms. The first-order chi connectivity index (χ1) is 12.3. The summed E-state index contributed by atoms with van der Waals surface area (Å²) in [5.41, 5.74) is 2.75. The Bertz CT molecular complexity index is 824. The van der Waals surface area contributed by atoms with E-state index in [9.17, 15) is 9.59 Å². The van der Waals surface area contributed by atoms with Gasteiger partial charge in [0, 0.05) is 16.3 Å². The van der Waals surface area contributed by atoms with E-state index in [0.717, 1.165) is 11.1 Å². The number of methoxy groups -OCH3 is 1. The first-order valence-electron chi connectivity index (χ1n) is 8.09. The maximum atomic E-state index is 12.3. The second-order valence-electron chi connectivity index (χ2n) is 5.96. The van der Waals surface area contributed by atoms with Crippen molar-refractivity contribution in [1.29, 1.82) is 0 Å². The lowest BCUT2D eigenvalue weighted by Crippen LogP contribution is -2.86. The van der Waals surface area contributed by atoms with E-state index in [0.29, 0.717) is 21.3 Å². The number of hydrogen-bond acceptors (Lipinski definition) is 3. The molecule has 3 N–H and O–H groups in total. The second-order valence-corrected chi connectivity index (χ2v) is 6.81. The molecule has 0 saturated carbocycles. The third-order valence-corrected chi connectivity index (χ3v) is 4.61. The second kappa shape index (κ2) is 9.03. The molecule has 2 aromatic rings. The first kappa shape index (κ1) is 20.2. The molecule has 0 saturated heterocycles. The Balaban J connectivity index is 1.99. The number of aryl methyl sites for hydroxylation is 1. The summed E-state index contributed by atoms with van der Waals surface area (Å²) in [5.74, 6) is -0.620. The highest BCUT2D eigenvalue weighted by Gasteiger charge is 2.16. The van der Waals surface area contributed by atoms with Crippen molar-refractivity contribution in [2.45, 2.75) is 19.9 Å². The Morgan fingerprint density at radius 1 is 1.19 bits per heavy atom. The number of carbonyl (C=O) groups excluding carboxylic acids is 2. The molecule has 0 aliphatic rings. The van der Waals surface area contributed by atoms with Gasteiger partial charge in [-0.2, -0.15) is 0 Å². The normalized spacial score (nSPS) is 11.7. The monoisotopic (exact) mass is 395 g/mol. The van der Waals surface area contributed by atoms with Gasteiger partial charge in [0.1, 0.15) is 6.04 Å². The fraction of sp³-hybridized carbons (Fsp3) is 0.263. The SMILES string of the molecule is COC(=O)c1ccc(C)c(NC(=O)C[NH2+][C@H](C)c2ccc(Cl)cc2Cl)c1. The van der Waals surface area contributed by atoms with Gasteiger partial charge >= 0.3 is 5.97 Å². The largest absolute Gasteiger partial charge is 0.465 e. The van der Waals surface area contributed by atoms with Gasteiger partial charge in [-0.1, -0.05) is 35.3 Å². The zero-order valence-corrected chi connectivity index (χ0v) is 16.3. The fourth-order valence-electron chi connectivity index (χ4n) is 2.48. The van der Waals surface area contributed by atoms with Gasteiger partial charge in [0.25, 0.3) is 5.91 Å². The molecule has 7 heteroatoms. The molecule has 0 bridgehead atoms. The van der Waals surface area contributed by atoms with E-state index in [1.807, 2.05) is 25.2 Å². The summed E-state index contributed by atoms with van der Waals surface area (Å²) in [4.78, 5) is 23.9. The van der Waals surface area contributed by atoms with E-state index in [1.165, 1.54) is 7.11 Å². The van der Waals surface area contributed by atoms with Crippen LogP contribution in [0.5, 0.6) is 0 Å². The molecule has 0 heterocycles. The number of carbonyl (C=O) groups is 2. The van der Waals surface area contributed by atoms with Gasteiger partial charge in [-0.25, -0.2) is 4.79 Å². The topological polar surface area (TPSA) is 72.0 Å². The number of hydrogen-bond donors (Lipinski definition) is 2. The molecule has 5 nitrogen and oxygen atoms in total. The van der Waals surface area contributed by atoms with Crippen molar-refractivity contribution >= 4 is 40.8 Å². The van der Waals surface area contributed by atoms with Crippen LogP contribution in [0.1, 0.15) is 34.5 Å². The number of esters is 1. The summed E-state index contributed by atoms with van der Waals surface area (Å²) in [6.07, 6.45) is 0. The Hall–Kier alpha value is -2.08. The van der Waals surface area contributed by atoms with Crippen LogP contribution in [-0.4, -0.2) is 25.5 Å². The Morgan fingerprint density at radius 2 is 1.92 bits per heavy atom. The number of rotatable bonds is 6. The summed E-state index contributed by atoms with van der Waals surface area (Å²) < 4.78 is 4.70. The van der Waals surface area contributed by atoms with E-state index in [2.05, 4.69) is 5.32 Å². The third-order valence-electron chi connectivity index (χ3n) is 4.04. The zero-order chi connectivity index (χ0) is 19.3. The van der Waals surface area contributed by atoms with Crippen molar-refractivity contribution < 1.29 is 19.6 Å². The summed E-state index contributed by atoms with van der Waals surface area (Å²) in [6.45, 7) is 4.03. The smallest absolute Gasteiger partial charge is 0.337 e. The van der Waals surface area contributed by atoms with Crippen LogP contribution >= 0.6 is 23.2 Å². The van der Waals surface area contributed by atoms with E-state index >= 15 is 0 Å². The predicted molar refractivity (Wildman–Crippen MR) is 103 cm³/mol. The Kier molecular flexibility index (Phi) is 7.03. The molecule has 138 valence electrons. The quantitative estimate of drug-likeness (QED) is 0.736. The van der Waals surface area contributed by atoms with Gasteiger partial charge < -0.3 is 15.4 Å². The molecule has 0 fully saturated rings. The lowest BCUT2D eigenvalue weighted by atomic mass is 10.1. The molecule has 0 radical (unpaired) electrons. The molecular weight excluding hydrogens is 375 g/mol. The first-order valence-corrected chi connectivity index (χ1v) is 8.84. The van der Waals surface area contributed by atoms with Crippen LogP contribution in [0.3, 0.4) is 0 Å². The average Bonchev–Trinajstić information content (AvgIpc) is 2.61. The van der Waals surface area contributed by atoms with Crippen LogP contribution in [0.4, 0.5) is 5.69 Å². The van der Waals surface area contributed by atoms with Crippen LogP contribution in [0, 0.1) is 6.92 Å². The minimum Gasteiger partial charge on any atom is -0.465 e. The lowest BCUT2D eigenvalue weighted by molar-refractivity contribution is -0.682. The predicted octanol–water partition coefficient (Wildman–Crippen LogP) is 3.35. The summed E-state index contributed by atoms with van der Waals surface area (Å²) in [6, 6.07) is 10.3. The molecule has 1 amide bonds. The molecule has 0 aliphatic carbocycles. The number of amides is 1. The fourth-order valence-corrected chi connectivity index (χ4v) is 3.06. The molecular formula is C19H21Cl2N2O3+. The number of nitrogens with two attached hydrogens (primary N) is 1. The maximum absolute atomic E-state index is 12.3. The Labute approximate surface area is 162 Å². The molecule has 0 aliphatic heterocycles. The molecule has 0 unspecified atom stereocenters. The van der Waals surface area contributed by atoms with E-state index in [4.69, 9.17) is 27.9 Å². The maximum Gasteiger partial charge on any atom is 0.337 e. The molecule has 2 rings (SSSR count). The molecule has 1 atom stereocenters. The summed E-state index contributed by atoms with van der Waals surface area (Å²) in [7, 11) is 1.32. The number of halogens is 2. The zero-order valence-electron chi connectivity index (χ0n) is 14.8. The average molecular weight is 396 g/mol. The van der Waals surface area contributed by atoms with Crippen molar-refractivity contribution in [3.8, 4) is 0 Å². The number of nitrogens with one attached hydrogen (secondary N) is 1. The summed E-state index contributed by atoms with van der Waals surface area (Å²) in [5, 5.41) is 5.85. The number of ether oxygens (including phenoxy) is 1. The van der Waals surface area contributed by atoms with Gasteiger partial charge in [-0.3, -0.25) is 4.79 Å². The van der Waals surface area contributed by atoms with Crippen molar-refractivity contribution in [1.82, 2.24) is 0 Å². The highest BCUT2D eigenvalue weighted by molar-refractivity contribution is 6.35. The highest BCUT2D eigenvalue weighted by atomic mass is 35.5. The van der Waals surface area contributed by atoms with Gasteiger partial charge in [0.2, 0.25) is 0 Å². The number of benzene rings is 2. The van der Waals surface area contributed by atoms with Crippen molar-refractivity contribution in [2.75, 3.05) is 19.0 Å². The van der Waals surface area contributed by atoms with E-state index < -0.39 is 5.97 Å². The van der Waals surface area contributed by atoms with Crippen LogP contribution in [0.25, 0.3) is 0 Å². The van der Waals surface area contributed by atoms with Gasteiger partial charge in [0.05, 0.1) is 17.7 Å². The lowest BCUT2D eigenvalue weighted by Gasteiger charge is -2.14. The van der Waals surface area contributed by atoms with Crippen molar-refractivity contribution in [2.24, 2.45) is 0 Å². The highest BCUT2D eigenvalue weighted by Crippen LogP contribution is 2.24. The van der Waals surface area contributed by atoms with Crippen LogP contribution < -0.4 is 10.6 Å². The Morgan fingerprint density at radius 3 is 2.58 bits per heavy atom. The van der Waals surface area contributed by atoms with Gasteiger partial charge in [-0.05, 0) is 43.7 Å². The minimum absolute atomic E-state index is 0.00647. The van der Waals surface area contributed by atoms with Crippen LogP contribution in [0.2, 0.25) is 10.0 Å². The van der Waals surface area contributed by atoms with Crippen LogP contribution in [0.15, 0.2) is 36.4 Å². The van der Waals surface area contributed by atoms with Gasteiger partial charge in [0.15, 0.2) is 6.54 Å². The molecule has 0 spiro atoms. The molecule has 0 aromatic heterocycles. The third kappa shape index (κ3) is 5.21. The number of anilines is 1. The van der Waals surface area contributed by atoms with Crippen molar-refractivity contribution in [3.05, 3.63) is 63.1 Å². The van der Waals surface area contributed by atoms with E-state index in [-0.39, 0.29) is 18.5 Å². The molecule has 2 aromatic carbocycles. The summed E-state index contributed by atoms with van der Waals surface area (Å²) >= 11 is 12.1. The van der Waals surface area contributed by atoms with Crippen molar-refractivity contribution in [3.63, 3.8) is 0 Å². The standard InChI is InChI=1S/C19H20Cl2N2O3/c1-11-4-5-13(19(25)26-3)8-17(11)23-18(24)10-22-12(2)15-7-6-14(20)9-16(15)21/h4-9,12,22H,10H2,1-3H3,(H,23,24)/p+1/t12-/m1/s1.